The highest BCUT2D eigenvalue weighted by Gasteiger charge is 2.30. The standard InChI is InChI=1S/C20H23F3N2O3S/c1-14-7-4-10-18(15(14)2)25(29(3,27)28)12-6-11-19(26)24-17-9-5-8-16(13-17)20(21,22)23/h4-5,7-10,13H,6,11-12H2,1-3H3,(H,24,26). The Labute approximate surface area is 168 Å². The van der Waals surface area contributed by atoms with Crippen LogP contribution < -0.4 is 9.62 Å². The molecule has 2 rings (SSSR count). The van der Waals surface area contributed by atoms with E-state index in [1.54, 1.807) is 12.1 Å². The lowest BCUT2D eigenvalue weighted by Crippen LogP contribution is -2.32. The molecule has 2 aromatic rings. The Morgan fingerprint density at radius 2 is 1.76 bits per heavy atom. The summed E-state index contributed by atoms with van der Waals surface area (Å²) in [5.41, 5.74) is 1.50. The van der Waals surface area contributed by atoms with Crippen LogP contribution in [0.2, 0.25) is 0 Å². The number of aryl methyl sites for hydroxylation is 1. The molecule has 0 fully saturated rings. The fourth-order valence-electron chi connectivity index (χ4n) is 2.85. The Kier molecular flexibility index (Phi) is 6.94. The lowest BCUT2D eigenvalue weighted by Gasteiger charge is -2.24. The monoisotopic (exact) mass is 428 g/mol. The van der Waals surface area contributed by atoms with Crippen LogP contribution in [-0.2, 0) is 21.0 Å². The fourth-order valence-corrected chi connectivity index (χ4v) is 3.87. The van der Waals surface area contributed by atoms with Crippen molar-refractivity contribution in [1.29, 1.82) is 0 Å². The number of nitrogens with zero attached hydrogens (tertiary/aromatic N) is 1. The van der Waals surface area contributed by atoms with Crippen molar-refractivity contribution in [3.05, 3.63) is 59.2 Å². The summed E-state index contributed by atoms with van der Waals surface area (Å²) in [5.74, 6) is -0.487. The first-order chi connectivity index (χ1) is 13.4. The summed E-state index contributed by atoms with van der Waals surface area (Å²) < 4.78 is 63.9. The van der Waals surface area contributed by atoms with Gasteiger partial charge in [-0.3, -0.25) is 9.10 Å². The van der Waals surface area contributed by atoms with Gasteiger partial charge in [0.15, 0.2) is 0 Å². The molecule has 0 heterocycles. The van der Waals surface area contributed by atoms with Crippen LogP contribution in [0.1, 0.15) is 29.5 Å². The molecule has 0 spiro atoms. The van der Waals surface area contributed by atoms with Gasteiger partial charge in [-0.2, -0.15) is 13.2 Å². The van der Waals surface area contributed by atoms with Gasteiger partial charge in [-0.15, -0.1) is 0 Å². The molecule has 0 aliphatic rings. The van der Waals surface area contributed by atoms with Crippen molar-refractivity contribution in [3.63, 3.8) is 0 Å². The molecule has 158 valence electrons. The average molecular weight is 428 g/mol. The highest BCUT2D eigenvalue weighted by atomic mass is 32.2. The van der Waals surface area contributed by atoms with E-state index >= 15 is 0 Å². The molecule has 0 aliphatic carbocycles. The molecule has 0 radical (unpaired) electrons. The molecular weight excluding hydrogens is 405 g/mol. The summed E-state index contributed by atoms with van der Waals surface area (Å²) in [6.45, 7) is 3.78. The van der Waals surface area contributed by atoms with Crippen LogP contribution in [0.25, 0.3) is 0 Å². The predicted octanol–water partition coefficient (Wildman–Crippen LogP) is 4.51. The normalized spacial score (nSPS) is 11.9. The highest BCUT2D eigenvalue weighted by Crippen LogP contribution is 2.30. The molecule has 2 aromatic carbocycles. The second-order valence-electron chi connectivity index (χ2n) is 6.78. The van der Waals surface area contributed by atoms with E-state index in [0.29, 0.717) is 5.69 Å². The molecule has 29 heavy (non-hydrogen) atoms. The number of carbonyl (C=O) groups excluding carboxylic acids is 1. The number of alkyl halides is 3. The second-order valence-corrected chi connectivity index (χ2v) is 8.69. The maximum absolute atomic E-state index is 12.8. The van der Waals surface area contributed by atoms with Crippen LogP contribution in [0.5, 0.6) is 0 Å². The van der Waals surface area contributed by atoms with E-state index in [2.05, 4.69) is 5.32 Å². The fraction of sp³-hybridized carbons (Fsp3) is 0.350. The number of halogens is 3. The minimum atomic E-state index is -4.50. The molecule has 0 aromatic heterocycles. The van der Waals surface area contributed by atoms with Crippen molar-refractivity contribution >= 4 is 27.3 Å². The first-order valence-corrected chi connectivity index (χ1v) is 10.8. The topological polar surface area (TPSA) is 66.5 Å². The van der Waals surface area contributed by atoms with Crippen LogP contribution >= 0.6 is 0 Å². The largest absolute Gasteiger partial charge is 0.416 e. The number of carbonyl (C=O) groups is 1. The molecule has 0 saturated heterocycles. The van der Waals surface area contributed by atoms with Crippen LogP contribution in [0.15, 0.2) is 42.5 Å². The van der Waals surface area contributed by atoms with E-state index < -0.39 is 27.7 Å². The summed E-state index contributed by atoms with van der Waals surface area (Å²) >= 11 is 0. The number of nitrogens with one attached hydrogen (secondary N) is 1. The minimum absolute atomic E-state index is 0.0346. The number of hydrogen-bond donors (Lipinski definition) is 1. The summed E-state index contributed by atoms with van der Waals surface area (Å²) in [5, 5.41) is 2.42. The van der Waals surface area contributed by atoms with Gasteiger partial charge in [0.2, 0.25) is 15.9 Å². The van der Waals surface area contributed by atoms with Gasteiger partial charge in [0, 0.05) is 18.7 Å². The number of benzene rings is 2. The zero-order valence-electron chi connectivity index (χ0n) is 16.4. The third-order valence-electron chi connectivity index (χ3n) is 4.48. The van der Waals surface area contributed by atoms with Crippen molar-refractivity contribution in [1.82, 2.24) is 0 Å². The van der Waals surface area contributed by atoms with Crippen molar-refractivity contribution in [2.75, 3.05) is 22.4 Å². The highest BCUT2D eigenvalue weighted by molar-refractivity contribution is 7.92. The van der Waals surface area contributed by atoms with E-state index in [0.717, 1.165) is 29.5 Å². The van der Waals surface area contributed by atoms with Crippen LogP contribution in [-0.4, -0.2) is 27.1 Å². The average Bonchev–Trinajstić information content (AvgIpc) is 2.60. The van der Waals surface area contributed by atoms with Crippen molar-refractivity contribution < 1.29 is 26.4 Å². The number of hydrogen-bond acceptors (Lipinski definition) is 3. The zero-order chi connectivity index (χ0) is 21.8. The van der Waals surface area contributed by atoms with Crippen molar-refractivity contribution in [2.45, 2.75) is 32.9 Å². The maximum atomic E-state index is 12.8. The van der Waals surface area contributed by atoms with E-state index in [1.807, 2.05) is 19.9 Å². The molecule has 0 atom stereocenters. The molecule has 0 saturated carbocycles. The molecule has 0 aliphatic heterocycles. The van der Waals surface area contributed by atoms with E-state index in [9.17, 15) is 26.4 Å². The number of amides is 1. The van der Waals surface area contributed by atoms with Gasteiger partial charge < -0.3 is 5.32 Å². The molecule has 0 unspecified atom stereocenters. The summed E-state index contributed by atoms with van der Waals surface area (Å²) in [4.78, 5) is 12.1. The molecular formula is C20H23F3N2O3S. The summed E-state index contributed by atoms with van der Waals surface area (Å²) in [6.07, 6.45) is -3.22. The zero-order valence-corrected chi connectivity index (χ0v) is 17.2. The molecule has 0 bridgehead atoms. The van der Waals surface area contributed by atoms with Gasteiger partial charge in [-0.25, -0.2) is 8.42 Å². The second kappa shape index (κ2) is 8.86. The Morgan fingerprint density at radius 3 is 2.38 bits per heavy atom. The number of anilines is 2. The van der Waals surface area contributed by atoms with Crippen molar-refractivity contribution in [2.24, 2.45) is 0 Å². The van der Waals surface area contributed by atoms with Gasteiger partial charge in [0.25, 0.3) is 0 Å². The van der Waals surface area contributed by atoms with Crippen LogP contribution in [0.3, 0.4) is 0 Å². The van der Waals surface area contributed by atoms with Gasteiger partial charge in [0.05, 0.1) is 17.5 Å². The number of rotatable bonds is 7. The Hall–Kier alpha value is -2.55. The van der Waals surface area contributed by atoms with Crippen LogP contribution in [0, 0.1) is 13.8 Å². The molecule has 9 heteroatoms. The third kappa shape index (κ3) is 6.22. The van der Waals surface area contributed by atoms with Gasteiger partial charge >= 0.3 is 6.18 Å². The summed E-state index contributed by atoms with van der Waals surface area (Å²) in [7, 11) is -3.56. The van der Waals surface area contributed by atoms with Gasteiger partial charge in [-0.1, -0.05) is 18.2 Å². The third-order valence-corrected chi connectivity index (χ3v) is 5.66. The Morgan fingerprint density at radius 1 is 1.10 bits per heavy atom. The smallest absolute Gasteiger partial charge is 0.326 e. The van der Waals surface area contributed by atoms with Crippen LogP contribution in [0.4, 0.5) is 24.5 Å². The lowest BCUT2D eigenvalue weighted by atomic mass is 10.1. The Balaban J connectivity index is 2.03. The minimum Gasteiger partial charge on any atom is -0.326 e. The van der Waals surface area contributed by atoms with Gasteiger partial charge in [0.1, 0.15) is 0 Å². The Bertz CT molecular complexity index is 989. The van der Waals surface area contributed by atoms with Gasteiger partial charge in [-0.05, 0) is 55.7 Å². The molecule has 1 amide bonds. The number of sulfonamides is 1. The molecule has 5 nitrogen and oxygen atoms in total. The first-order valence-electron chi connectivity index (χ1n) is 8.90. The predicted molar refractivity (Wildman–Crippen MR) is 107 cm³/mol. The van der Waals surface area contributed by atoms with E-state index in [-0.39, 0.29) is 25.1 Å². The quantitative estimate of drug-likeness (QED) is 0.706. The summed E-state index contributed by atoms with van der Waals surface area (Å²) in [6, 6.07) is 9.70. The maximum Gasteiger partial charge on any atom is 0.416 e. The van der Waals surface area contributed by atoms with E-state index in [1.165, 1.54) is 16.4 Å². The molecule has 1 N–H and O–H groups in total. The van der Waals surface area contributed by atoms with Crippen molar-refractivity contribution in [3.8, 4) is 0 Å². The lowest BCUT2D eigenvalue weighted by molar-refractivity contribution is -0.137. The first kappa shape index (κ1) is 22.7. The van der Waals surface area contributed by atoms with E-state index in [4.69, 9.17) is 0 Å². The SMILES string of the molecule is Cc1cccc(N(CCCC(=O)Nc2cccc(C(F)(F)F)c2)S(C)(=O)=O)c1C.